The van der Waals surface area contributed by atoms with Crippen molar-refractivity contribution in [3.05, 3.63) is 0 Å². The Morgan fingerprint density at radius 3 is 2.04 bits per heavy atom. The number of nitrogens with one attached hydrogen (secondary N) is 1. The fourth-order valence-electron chi connectivity index (χ4n) is 5.32. The Bertz CT molecular complexity index is 426. The number of rotatable bonds is 4. The molecule has 1 amide bonds. The van der Waals surface area contributed by atoms with Crippen molar-refractivity contribution in [2.75, 3.05) is 13.1 Å². The second-order valence-electron chi connectivity index (χ2n) is 8.95. The summed E-state index contributed by atoms with van der Waals surface area (Å²) >= 11 is 0. The van der Waals surface area contributed by atoms with E-state index in [4.69, 9.17) is 4.74 Å². The molecule has 0 aromatic rings. The fraction of sp³-hybridized carbons (Fsp3) is 0.952. The van der Waals surface area contributed by atoms with Crippen molar-refractivity contribution in [1.29, 1.82) is 0 Å². The van der Waals surface area contributed by atoms with Crippen LogP contribution in [0.15, 0.2) is 0 Å². The summed E-state index contributed by atoms with van der Waals surface area (Å²) in [6.45, 7) is 8.64. The van der Waals surface area contributed by atoms with Gasteiger partial charge in [0.05, 0.1) is 12.2 Å². The van der Waals surface area contributed by atoms with Crippen molar-refractivity contribution < 1.29 is 9.53 Å². The summed E-state index contributed by atoms with van der Waals surface area (Å²) in [5.41, 5.74) is 0. The normalized spacial score (nSPS) is 33.5. The molecular weight excluding hydrogens is 312 g/mol. The minimum absolute atomic E-state index is 0.114. The van der Waals surface area contributed by atoms with Crippen LogP contribution in [-0.2, 0) is 9.53 Å². The minimum Gasteiger partial charge on any atom is -0.374 e. The van der Waals surface area contributed by atoms with Crippen molar-refractivity contribution in [3.8, 4) is 0 Å². The molecule has 1 saturated carbocycles. The smallest absolute Gasteiger partial charge is 0.217 e. The van der Waals surface area contributed by atoms with E-state index in [2.05, 4.69) is 24.1 Å². The second kappa shape index (κ2) is 8.85. The average Bonchev–Trinajstić information content (AvgIpc) is 2.61. The van der Waals surface area contributed by atoms with Gasteiger partial charge in [0.2, 0.25) is 5.91 Å². The van der Waals surface area contributed by atoms with Gasteiger partial charge in [0, 0.05) is 19.0 Å². The summed E-state index contributed by atoms with van der Waals surface area (Å²) in [4.78, 5) is 14.2. The van der Waals surface area contributed by atoms with E-state index >= 15 is 0 Å². The molecule has 3 atom stereocenters. The molecule has 1 aliphatic carbocycles. The Balaban J connectivity index is 1.62. The molecular formula is C21H38N2O2. The predicted molar refractivity (Wildman–Crippen MR) is 102 cm³/mol. The van der Waals surface area contributed by atoms with Crippen LogP contribution >= 0.6 is 0 Å². The molecule has 0 spiro atoms. The molecule has 4 heteroatoms. The third-order valence-corrected chi connectivity index (χ3v) is 6.80. The first-order valence-corrected chi connectivity index (χ1v) is 10.7. The molecule has 3 aliphatic rings. The van der Waals surface area contributed by atoms with Crippen LogP contribution in [0.25, 0.3) is 0 Å². The summed E-state index contributed by atoms with van der Waals surface area (Å²) < 4.78 is 6.70. The van der Waals surface area contributed by atoms with E-state index in [1.807, 2.05) is 0 Å². The van der Waals surface area contributed by atoms with Crippen LogP contribution in [0.1, 0.15) is 78.6 Å². The molecule has 0 bridgehead atoms. The molecule has 0 aromatic carbocycles. The number of piperidine rings is 1. The SMILES string of the molecule is CC(=O)N[C@H]1C[C@@H](C2CCN(C(C)C)CC2)O[C@@H](C2CCCCC2)C1. The van der Waals surface area contributed by atoms with Gasteiger partial charge in [-0.25, -0.2) is 0 Å². The van der Waals surface area contributed by atoms with Gasteiger partial charge < -0.3 is 15.0 Å². The lowest BCUT2D eigenvalue weighted by Crippen LogP contribution is -2.51. The highest BCUT2D eigenvalue weighted by atomic mass is 16.5. The Morgan fingerprint density at radius 2 is 1.52 bits per heavy atom. The van der Waals surface area contributed by atoms with E-state index in [0.717, 1.165) is 12.8 Å². The van der Waals surface area contributed by atoms with Crippen LogP contribution in [0.5, 0.6) is 0 Å². The first-order chi connectivity index (χ1) is 12.0. The Kier molecular flexibility index (Phi) is 6.79. The number of ether oxygens (including phenoxy) is 1. The highest BCUT2D eigenvalue weighted by molar-refractivity contribution is 5.73. The molecule has 25 heavy (non-hydrogen) atoms. The van der Waals surface area contributed by atoms with Gasteiger partial charge in [-0.3, -0.25) is 4.79 Å². The summed E-state index contributed by atoms with van der Waals surface area (Å²) in [7, 11) is 0. The summed E-state index contributed by atoms with van der Waals surface area (Å²) in [5, 5.41) is 3.22. The van der Waals surface area contributed by atoms with Gasteiger partial charge in [-0.15, -0.1) is 0 Å². The Morgan fingerprint density at radius 1 is 0.960 bits per heavy atom. The number of carbonyl (C=O) groups excluding carboxylic acids is 1. The van der Waals surface area contributed by atoms with Crippen molar-refractivity contribution in [2.24, 2.45) is 11.8 Å². The van der Waals surface area contributed by atoms with E-state index in [1.165, 1.54) is 58.0 Å². The largest absolute Gasteiger partial charge is 0.374 e. The molecule has 0 radical (unpaired) electrons. The van der Waals surface area contributed by atoms with Crippen LogP contribution in [-0.4, -0.2) is 48.2 Å². The first kappa shape index (κ1) is 19.2. The van der Waals surface area contributed by atoms with Gasteiger partial charge in [-0.2, -0.15) is 0 Å². The zero-order valence-electron chi connectivity index (χ0n) is 16.5. The number of carbonyl (C=O) groups is 1. The van der Waals surface area contributed by atoms with Gasteiger partial charge in [-0.1, -0.05) is 19.3 Å². The lowest BCUT2D eigenvalue weighted by atomic mass is 9.78. The molecule has 3 rings (SSSR count). The van der Waals surface area contributed by atoms with Crippen LogP contribution in [0.2, 0.25) is 0 Å². The maximum atomic E-state index is 11.6. The van der Waals surface area contributed by atoms with Gasteiger partial charge >= 0.3 is 0 Å². The van der Waals surface area contributed by atoms with E-state index in [-0.39, 0.29) is 5.91 Å². The molecule has 2 aliphatic heterocycles. The van der Waals surface area contributed by atoms with E-state index < -0.39 is 0 Å². The van der Waals surface area contributed by atoms with Crippen LogP contribution in [0, 0.1) is 11.8 Å². The molecule has 2 saturated heterocycles. The third-order valence-electron chi connectivity index (χ3n) is 6.80. The first-order valence-electron chi connectivity index (χ1n) is 10.7. The number of hydrogen-bond donors (Lipinski definition) is 1. The summed E-state index contributed by atoms with van der Waals surface area (Å²) in [6.07, 6.45) is 11.9. The number of amides is 1. The van der Waals surface area contributed by atoms with Crippen molar-refractivity contribution in [1.82, 2.24) is 10.2 Å². The lowest BCUT2D eigenvalue weighted by molar-refractivity contribution is -0.132. The monoisotopic (exact) mass is 350 g/mol. The number of hydrogen-bond acceptors (Lipinski definition) is 3. The molecule has 4 nitrogen and oxygen atoms in total. The van der Waals surface area contributed by atoms with Crippen molar-refractivity contribution in [2.45, 2.75) is 103 Å². The van der Waals surface area contributed by atoms with Crippen LogP contribution < -0.4 is 5.32 Å². The van der Waals surface area contributed by atoms with E-state index in [0.29, 0.717) is 36.1 Å². The molecule has 2 heterocycles. The number of likely N-dealkylation sites (tertiary alicyclic amines) is 1. The number of nitrogens with zero attached hydrogens (tertiary/aromatic N) is 1. The predicted octanol–water partition coefficient (Wildman–Crippen LogP) is 3.74. The van der Waals surface area contributed by atoms with Gasteiger partial charge in [0.1, 0.15) is 0 Å². The van der Waals surface area contributed by atoms with Gasteiger partial charge in [-0.05, 0) is 77.3 Å². The van der Waals surface area contributed by atoms with Crippen LogP contribution in [0.4, 0.5) is 0 Å². The Labute approximate surface area is 154 Å². The molecule has 3 fully saturated rings. The second-order valence-corrected chi connectivity index (χ2v) is 8.95. The lowest BCUT2D eigenvalue weighted by Gasteiger charge is -2.45. The third kappa shape index (κ3) is 5.19. The topological polar surface area (TPSA) is 41.6 Å². The van der Waals surface area contributed by atoms with E-state index in [1.54, 1.807) is 6.92 Å². The fourth-order valence-corrected chi connectivity index (χ4v) is 5.32. The maximum absolute atomic E-state index is 11.6. The van der Waals surface area contributed by atoms with E-state index in [9.17, 15) is 4.79 Å². The Hall–Kier alpha value is -0.610. The van der Waals surface area contributed by atoms with Crippen LogP contribution in [0.3, 0.4) is 0 Å². The zero-order valence-corrected chi connectivity index (χ0v) is 16.5. The van der Waals surface area contributed by atoms with Crippen molar-refractivity contribution >= 4 is 5.91 Å². The highest BCUT2D eigenvalue weighted by Crippen LogP contribution is 2.37. The average molecular weight is 351 g/mol. The maximum Gasteiger partial charge on any atom is 0.217 e. The summed E-state index contributed by atoms with van der Waals surface area (Å²) in [6, 6.07) is 0.960. The highest BCUT2D eigenvalue weighted by Gasteiger charge is 2.39. The molecule has 0 aromatic heterocycles. The molecule has 144 valence electrons. The van der Waals surface area contributed by atoms with Gasteiger partial charge in [0.25, 0.3) is 0 Å². The molecule has 1 N–H and O–H groups in total. The quantitative estimate of drug-likeness (QED) is 0.840. The van der Waals surface area contributed by atoms with Crippen molar-refractivity contribution in [3.63, 3.8) is 0 Å². The minimum atomic E-state index is 0.114. The summed E-state index contributed by atoms with van der Waals surface area (Å²) in [5.74, 6) is 1.49. The zero-order chi connectivity index (χ0) is 17.8. The standard InChI is InChI=1S/C21H38N2O2/c1-15(2)23-11-9-18(10-12-23)21-14-19(22-16(3)24)13-20(25-21)17-7-5-4-6-8-17/h15,17-21H,4-14H2,1-3H3,(H,22,24)/t19-,20-,21+/m1/s1. The van der Waals surface area contributed by atoms with Gasteiger partial charge in [0.15, 0.2) is 0 Å². The molecule has 0 unspecified atom stereocenters.